The number of carbonyl (C=O) groups excluding carboxylic acids is 1. The fraction of sp³-hybridized carbons (Fsp3) is 0.269. The van der Waals surface area contributed by atoms with E-state index in [4.69, 9.17) is 14.2 Å². The molecule has 1 amide bonds. The van der Waals surface area contributed by atoms with Gasteiger partial charge in [-0.2, -0.15) is 0 Å². The zero-order chi connectivity index (χ0) is 21.8. The average molecular weight is 418 g/mol. The Kier molecular flexibility index (Phi) is 6.12. The van der Waals surface area contributed by atoms with Gasteiger partial charge >= 0.3 is 0 Å². The number of methoxy groups -OCH3 is 2. The zero-order valence-electron chi connectivity index (χ0n) is 18.1. The maximum Gasteiger partial charge on any atom is 0.254 e. The molecule has 0 heterocycles. The second-order valence-electron chi connectivity index (χ2n) is 7.65. The summed E-state index contributed by atoms with van der Waals surface area (Å²) >= 11 is 0. The van der Waals surface area contributed by atoms with Crippen LogP contribution < -0.4 is 14.2 Å². The molecule has 31 heavy (non-hydrogen) atoms. The number of benzene rings is 3. The lowest BCUT2D eigenvalue weighted by atomic mass is 10.1. The fourth-order valence-electron chi connectivity index (χ4n) is 4.16. The Labute approximate surface area is 183 Å². The van der Waals surface area contributed by atoms with Crippen molar-refractivity contribution in [3.63, 3.8) is 0 Å². The van der Waals surface area contributed by atoms with Crippen molar-refractivity contribution in [2.45, 2.75) is 25.5 Å². The quantitative estimate of drug-likeness (QED) is 0.540. The zero-order valence-corrected chi connectivity index (χ0v) is 18.1. The van der Waals surface area contributed by atoms with E-state index < -0.39 is 0 Å². The van der Waals surface area contributed by atoms with E-state index in [0.717, 1.165) is 18.4 Å². The minimum Gasteiger partial charge on any atom is -0.493 e. The first-order valence-electron chi connectivity index (χ1n) is 10.4. The number of hydrogen-bond donors (Lipinski definition) is 0. The molecular weight excluding hydrogens is 390 g/mol. The molecule has 0 aromatic heterocycles. The lowest BCUT2D eigenvalue weighted by Gasteiger charge is -2.26. The Bertz CT molecular complexity index is 1040. The normalized spacial score (nSPS) is 14.6. The van der Waals surface area contributed by atoms with Crippen LogP contribution in [0.3, 0.4) is 0 Å². The van der Waals surface area contributed by atoms with Gasteiger partial charge in [0.25, 0.3) is 5.91 Å². The van der Waals surface area contributed by atoms with E-state index in [1.165, 1.54) is 11.1 Å². The molecular formula is C26H27NO4. The van der Waals surface area contributed by atoms with E-state index >= 15 is 0 Å². The molecule has 0 saturated heterocycles. The maximum atomic E-state index is 13.3. The van der Waals surface area contributed by atoms with Crippen molar-refractivity contribution < 1.29 is 19.0 Å². The van der Waals surface area contributed by atoms with Gasteiger partial charge in [0.15, 0.2) is 11.5 Å². The molecule has 0 fully saturated rings. The van der Waals surface area contributed by atoms with Crippen LogP contribution in [-0.2, 0) is 13.0 Å². The van der Waals surface area contributed by atoms with E-state index in [0.29, 0.717) is 29.4 Å². The van der Waals surface area contributed by atoms with Crippen LogP contribution >= 0.6 is 0 Å². The van der Waals surface area contributed by atoms with Gasteiger partial charge in [0, 0.05) is 12.6 Å². The molecule has 160 valence electrons. The second-order valence-corrected chi connectivity index (χ2v) is 7.65. The van der Waals surface area contributed by atoms with Crippen molar-refractivity contribution in [1.82, 2.24) is 4.90 Å². The van der Waals surface area contributed by atoms with Gasteiger partial charge in [-0.1, -0.05) is 54.6 Å². The Balaban J connectivity index is 1.59. The number of nitrogens with zero attached hydrogens (tertiary/aromatic N) is 1. The smallest absolute Gasteiger partial charge is 0.254 e. The summed E-state index contributed by atoms with van der Waals surface area (Å²) in [5, 5.41) is 0. The van der Waals surface area contributed by atoms with Crippen LogP contribution in [0, 0.1) is 0 Å². The molecule has 3 aromatic carbocycles. The topological polar surface area (TPSA) is 48.0 Å². The molecule has 0 saturated carbocycles. The Morgan fingerprint density at radius 2 is 1.61 bits per heavy atom. The number of rotatable bonds is 7. The predicted octanol–water partition coefficient (Wildman–Crippen LogP) is 5.04. The Morgan fingerprint density at radius 3 is 2.29 bits per heavy atom. The summed E-state index contributed by atoms with van der Waals surface area (Å²) in [4.78, 5) is 15.2. The van der Waals surface area contributed by atoms with Crippen LogP contribution in [0.15, 0.2) is 66.7 Å². The molecule has 1 atom stereocenters. The highest BCUT2D eigenvalue weighted by atomic mass is 16.5. The van der Waals surface area contributed by atoms with Gasteiger partial charge in [-0.25, -0.2) is 0 Å². The number of aryl methyl sites for hydroxylation is 1. The molecule has 5 nitrogen and oxygen atoms in total. The molecule has 1 unspecified atom stereocenters. The molecule has 0 aliphatic heterocycles. The van der Waals surface area contributed by atoms with Crippen molar-refractivity contribution in [2.24, 2.45) is 0 Å². The highest BCUT2D eigenvalue weighted by Crippen LogP contribution is 2.41. The van der Waals surface area contributed by atoms with Crippen LogP contribution in [0.5, 0.6) is 17.2 Å². The molecule has 5 heteroatoms. The average Bonchev–Trinajstić information content (AvgIpc) is 3.26. The number of amides is 1. The van der Waals surface area contributed by atoms with Gasteiger partial charge in [0.1, 0.15) is 6.61 Å². The SMILES string of the molecule is COc1cc(C(=O)N(C)C2CCc3ccccc32)cc(OC)c1OCc1ccccc1. The van der Waals surface area contributed by atoms with E-state index in [9.17, 15) is 4.79 Å². The first-order chi connectivity index (χ1) is 15.1. The van der Waals surface area contributed by atoms with Gasteiger partial charge in [-0.3, -0.25) is 4.79 Å². The van der Waals surface area contributed by atoms with Gasteiger partial charge < -0.3 is 19.1 Å². The number of carbonyl (C=O) groups is 1. The van der Waals surface area contributed by atoms with E-state index in [1.807, 2.05) is 54.4 Å². The van der Waals surface area contributed by atoms with E-state index in [-0.39, 0.29) is 11.9 Å². The molecule has 4 rings (SSSR count). The molecule has 0 N–H and O–H groups in total. The van der Waals surface area contributed by atoms with Gasteiger partial charge in [-0.05, 0) is 41.7 Å². The summed E-state index contributed by atoms with van der Waals surface area (Å²) in [5.74, 6) is 1.35. The maximum absolute atomic E-state index is 13.3. The van der Waals surface area contributed by atoms with Crippen LogP contribution in [0.2, 0.25) is 0 Å². The monoisotopic (exact) mass is 417 g/mol. The molecule has 0 radical (unpaired) electrons. The third kappa shape index (κ3) is 4.22. The van der Waals surface area contributed by atoms with Gasteiger partial charge in [0.2, 0.25) is 5.75 Å². The first kappa shape index (κ1) is 20.8. The van der Waals surface area contributed by atoms with E-state index in [1.54, 1.807) is 26.4 Å². The lowest BCUT2D eigenvalue weighted by molar-refractivity contribution is 0.0729. The second kappa shape index (κ2) is 9.13. The van der Waals surface area contributed by atoms with Crippen LogP contribution in [0.1, 0.15) is 39.5 Å². The van der Waals surface area contributed by atoms with Crippen molar-refractivity contribution in [2.75, 3.05) is 21.3 Å². The van der Waals surface area contributed by atoms with Crippen molar-refractivity contribution in [3.05, 3.63) is 89.0 Å². The molecule has 0 bridgehead atoms. The van der Waals surface area contributed by atoms with Crippen molar-refractivity contribution in [3.8, 4) is 17.2 Å². The van der Waals surface area contributed by atoms with Crippen molar-refractivity contribution in [1.29, 1.82) is 0 Å². The van der Waals surface area contributed by atoms with E-state index in [2.05, 4.69) is 12.1 Å². The molecule has 0 spiro atoms. The molecule has 1 aliphatic rings. The van der Waals surface area contributed by atoms with Crippen LogP contribution in [0.4, 0.5) is 0 Å². The summed E-state index contributed by atoms with van der Waals surface area (Å²) in [6.07, 6.45) is 1.91. The predicted molar refractivity (Wildman–Crippen MR) is 120 cm³/mol. The number of ether oxygens (including phenoxy) is 3. The lowest BCUT2D eigenvalue weighted by Crippen LogP contribution is -2.30. The van der Waals surface area contributed by atoms with Crippen LogP contribution in [-0.4, -0.2) is 32.1 Å². The molecule has 1 aliphatic carbocycles. The Hall–Kier alpha value is -3.47. The number of hydrogen-bond acceptors (Lipinski definition) is 4. The summed E-state index contributed by atoms with van der Waals surface area (Å²) in [5.41, 5.74) is 4.08. The van der Waals surface area contributed by atoms with Crippen molar-refractivity contribution >= 4 is 5.91 Å². The molecule has 3 aromatic rings. The van der Waals surface area contributed by atoms with Gasteiger partial charge in [0.05, 0.1) is 20.3 Å². The minimum atomic E-state index is -0.0760. The highest BCUT2D eigenvalue weighted by Gasteiger charge is 2.30. The Morgan fingerprint density at radius 1 is 0.968 bits per heavy atom. The largest absolute Gasteiger partial charge is 0.493 e. The summed E-state index contributed by atoms with van der Waals surface area (Å²) in [6, 6.07) is 21.7. The summed E-state index contributed by atoms with van der Waals surface area (Å²) in [7, 11) is 4.98. The first-order valence-corrected chi connectivity index (χ1v) is 10.4. The van der Waals surface area contributed by atoms with Gasteiger partial charge in [-0.15, -0.1) is 0 Å². The fourth-order valence-corrected chi connectivity index (χ4v) is 4.16. The minimum absolute atomic E-state index is 0.0645. The third-order valence-corrected chi connectivity index (χ3v) is 5.82. The standard InChI is InChI=1S/C26H27NO4/c1-27(22-14-13-19-11-7-8-12-21(19)22)26(28)20-15-23(29-2)25(24(16-20)30-3)31-17-18-9-5-4-6-10-18/h4-12,15-16,22H,13-14,17H2,1-3H3. The van der Waals surface area contributed by atoms with Crippen LogP contribution in [0.25, 0.3) is 0 Å². The highest BCUT2D eigenvalue weighted by molar-refractivity contribution is 5.96. The third-order valence-electron chi connectivity index (χ3n) is 5.82. The number of fused-ring (bicyclic) bond motifs is 1. The summed E-state index contributed by atoms with van der Waals surface area (Å²) in [6.45, 7) is 0.375. The summed E-state index contributed by atoms with van der Waals surface area (Å²) < 4.78 is 17.1.